The predicted molar refractivity (Wildman–Crippen MR) is 125 cm³/mol. The number of anilines is 1. The lowest BCUT2D eigenvalue weighted by molar-refractivity contribution is -0.117. The van der Waals surface area contributed by atoms with Crippen LogP contribution in [0.15, 0.2) is 42.5 Å². The first kappa shape index (κ1) is 22.1. The van der Waals surface area contributed by atoms with E-state index in [2.05, 4.69) is 54.4 Å². The molecule has 1 N–H and O–H groups in total. The smallest absolute Gasteiger partial charge is 0.252 e. The van der Waals surface area contributed by atoms with Crippen molar-refractivity contribution in [3.8, 4) is 5.95 Å². The zero-order valence-electron chi connectivity index (χ0n) is 19.1. The van der Waals surface area contributed by atoms with Crippen molar-refractivity contribution in [2.75, 3.05) is 38.0 Å². The van der Waals surface area contributed by atoms with Crippen LogP contribution in [0.2, 0.25) is 0 Å². The van der Waals surface area contributed by atoms with Gasteiger partial charge in [0.2, 0.25) is 5.91 Å². The standard InChI is InChI=1S/C24H31N7O/c1-18-14-19(2)26-24(25-18)31-22(15-20(3)28-31)27-23(32)17-30-11-7-10-29(12-13-30)16-21-8-5-4-6-9-21/h4-6,8-9,14-15H,7,10-13,16-17H2,1-3H3,(H,27,32). The second kappa shape index (κ2) is 10.0. The molecule has 4 rings (SSSR count). The van der Waals surface area contributed by atoms with E-state index in [-0.39, 0.29) is 5.91 Å². The molecular formula is C24H31N7O. The molecule has 0 unspecified atom stereocenters. The second-order valence-corrected chi connectivity index (χ2v) is 8.47. The third-order valence-electron chi connectivity index (χ3n) is 5.56. The summed E-state index contributed by atoms with van der Waals surface area (Å²) in [5, 5.41) is 7.50. The fraction of sp³-hybridized carbons (Fsp3) is 0.417. The van der Waals surface area contributed by atoms with Gasteiger partial charge in [-0.05, 0) is 51.9 Å². The fourth-order valence-corrected chi connectivity index (χ4v) is 4.11. The van der Waals surface area contributed by atoms with Crippen molar-refractivity contribution in [3.05, 3.63) is 65.1 Å². The van der Waals surface area contributed by atoms with E-state index in [1.165, 1.54) is 5.56 Å². The lowest BCUT2D eigenvalue weighted by Gasteiger charge is -2.21. The average molecular weight is 434 g/mol. The van der Waals surface area contributed by atoms with Crippen molar-refractivity contribution in [1.29, 1.82) is 0 Å². The average Bonchev–Trinajstić information content (AvgIpc) is 2.97. The molecule has 0 radical (unpaired) electrons. The minimum atomic E-state index is -0.0490. The van der Waals surface area contributed by atoms with Crippen LogP contribution in [0.4, 0.5) is 5.82 Å². The zero-order chi connectivity index (χ0) is 22.5. The molecule has 8 heteroatoms. The van der Waals surface area contributed by atoms with Gasteiger partial charge in [-0.1, -0.05) is 30.3 Å². The normalized spacial score (nSPS) is 15.5. The van der Waals surface area contributed by atoms with Crippen LogP contribution in [0.1, 0.15) is 29.1 Å². The number of amides is 1. The van der Waals surface area contributed by atoms with Crippen molar-refractivity contribution < 1.29 is 4.79 Å². The van der Waals surface area contributed by atoms with Gasteiger partial charge in [-0.15, -0.1) is 0 Å². The molecule has 3 aromatic rings. The molecular weight excluding hydrogens is 402 g/mol. The highest BCUT2D eigenvalue weighted by Crippen LogP contribution is 2.16. The maximum atomic E-state index is 12.8. The van der Waals surface area contributed by atoms with Gasteiger partial charge in [-0.2, -0.15) is 9.78 Å². The third kappa shape index (κ3) is 5.77. The molecule has 1 aliphatic heterocycles. The van der Waals surface area contributed by atoms with Crippen molar-refractivity contribution in [2.45, 2.75) is 33.7 Å². The van der Waals surface area contributed by atoms with E-state index in [0.29, 0.717) is 18.3 Å². The number of rotatable bonds is 6. The SMILES string of the molecule is Cc1cc(C)nc(-n2nc(C)cc2NC(=O)CN2CCCN(Cc3ccccc3)CC2)n1. The summed E-state index contributed by atoms with van der Waals surface area (Å²) >= 11 is 0. The molecule has 168 valence electrons. The van der Waals surface area contributed by atoms with Crippen molar-refractivity contribution >= 4 is 11.7 Å². The van der Waals surface area contributed by atoms with Crippen molar-refractivity contribution in [1.82, 2.24) is 29.5 Å². The molecule has 1 aromatic carbocycles. The topological polar surface area (TPSA) is 79.2 Å². The van der Waals surface area contributed by atoms with Gasteiger partial charge >= 0.3 is 0 Å². The Morgan fingerprint density at radius 1 is 0.906 bits per heavy atom. The molecule has 8 nitrogen and oxygen atoms in total. The minimum absolute atomic E-state index is 0.0490. The monoisotopic (exact) mass is 433 g/mol. The van der Waals surface area contributed by atoms with Crippen molar-refractivity contribution in [2.24, 2.45) is 0 Å². The van der Waals surface area contributed by atoms with Crippen LogP contribution in [-0.2, 0) is 11.3 Å². The number of nitrogens with zero attached hydrogens (tertiary/aromatic N) is 6. The van der Waals surface area contributed by atoms with Gasteiger partial charge < -0.3 is 5.32 Å². The molecule has 1 aliphatic rings. The van der Waals surface area contributed by atoms with Crippen LogP contribution in [0.5, 0.6) is 0 Å². The number of nitrogens with one attached hydrogen (secondary N) is 1. The first-order chi connectivity index (χ1) is 15.5. The molecule has 1 fully saturated rings. The summed E-state index contributed by atoms with van der Waals surface area (Å²) in [6.07, 6.45) is 1.05. The summed E-state index contributed by atoms with van der Waals surface area (Å²) in [4.78, 5) is 26.5. The summed E-state index contributed by atoms with van der Waals surface area (Å²) in [6, 6.07) is 14.3. The molecule has 0 saturated carbocycles. The van der Waals surface area contributed by atoms with E-state index >= 15 is 0 Å². The predicted octanol–water partition coefficient (Wildman–Crippen LogP) is 2.73. The number of carbonyl (C=O) groups excluding carboxylic acids is 1. The Morgan fingerprint density at radius 3 is 2.34 bits per heavy atom. The van der Waals surface area contributed by atoms with Crippen LogP contribution in [0.3, 0.4) is 0 Å². The fourth-order valence-electron chi connectivity index (χ4n) is 4.11. The quantitative estimate of drug-likeness (QED) is 0.644. The number of hydrogen-bond acceptors (Lipinski definition) is 6. The molecule has 32 heavy (non-hydrogen) atoms. The van der Waals surface area contributed by atoms with Gasteiger partial charge in [0.25, 0.3) is 5.95 Å². The Kier molecular flexibility index (Phi) is 6.92. The van der Waals surface area contributed by atoms with Gasteiger partial charge in [0.1, 0.15) is 5.82 Å². The molecule has 0 atom stereocenters. The molecule has 3 heterocycles. The third-order valence-corrected chi connectivity index (χ3v) is 5.56. The molecule has 0 bridgehead atoms. The molecule has 0 aliphatic carbocycles. The van der Waals surface area contributed by atoms with Gasteiger partial charge in [-0.3, -0.25) is 14.6 Å². The van der Waals surface area contributed by atoms with E-state index in [0.717, 1.165) is 56.2 Å². The molecule has 0 spiro atoms. The number of aryl methyl sites for hydroxylation is 3. The van der Waals surface area contributed by atoms with Gasteiger partial charge in [-0.25, -0.2) is 9.97 Å². The first-order valence-corrected chi connectivity index (χ1v) is 11.1. The highest BCUT2D eigenvalue weighted by atomic mass is 16.2. The van der Waals surface area contributed by atoms with E-state index in [1.807, 2.05) is 39.0 Å². The summed E-state index contributed by atoms with van der Waals surface area (Å²) in [5.41, 5.74) is 3.86. The Morgan fingerprint density at radius 2 is 1.59 bits per heavy atom. The minimum Gasteiger partial charge on any atom is -0.309 e. The Bertz CT molecular complexity index is 1040. The van der Waals surface area contributed by atoms with E-state index in [4.69, 9.17) is 0 Å². The van der Waals surface area contributed by atoms with Crippen LogP contribution in [-0.4, -0.2) is 68.2 Å². The lowest BCUT2D eigenvalue weighted by atomic mass is 10.2. The summed E-state index contributed by atoms with van der Waals surface area (Å²) in [7, 11) is 0. The highest BCUT2D eigenvalue weighted by Gasteiger charge is 2.19. The number of hydrogen-bond donors (Lipinski definition) is 1. The summed E-state index contributed by atoms with van der Waals surface area (Å²) in [6.45, 7) is 10.8. The summed E-state index contributed by atoms with van der Waals surface area (Å²) < 4.78 is 1.61. The van der Waals surface area contributed by atoms with E-state index in [9.17, 15) is 4.79 Å². The number of benzene rings is 1. The highest BCUT2D eigenvalue weighted by molar-refractivity contribution is 5.91. The lowest BCUT2D eigenvalue weighted by Crippen LogP contribution is -2.36. The maximum absolute atomic E-state index is 12.8. The van der Waals surface area contributed by atoms with Crippen molar-refractivity contribution in [3.63, 3.8) is 0 Å². The zero-order valence-corrected chi connectivity index (χ0v) is 19.1. The van der Waals surface area contributed by atoms with Crippen LogP contribution < -0.4 is 5.32 Å². The van der Waals surface area contributed by atoms with E-state index in [1.54, 1.807) is 4.68 Å². The summed E-state index contributed by atoms with van der Waals surface area (Å²) in [5.74, 6) is 1.02. The van der Waals surface area contributed by atoms with Crippen LogP contribution >= 0.6 is 0 Å². The largest absolute Gasteiger partial charge is 0.309 e. The first-order valence-electron chi connectivity index (χ1n) is 11.1. The van der Waals surface area contributed by atoms with Crippen LogP contribution in [0.25, 0.3) is 5.95 Å². The van der Waals surface area contributed by atoms with Gasteiger partial charge in [0.05, 0.1) is 12.2 Å². The number of aromatic nitrogens is 4. The molecule has 1 saturated heterocycles. The maximum Gasteiger partial charge on any atom is 0.252 e. The Balaban J connectivity index is 1.36. The second-order valence-electron chi connectivity index (χ2n) is 8.47. The van der Waals surface area contributed by atoms with Gasteiger partial charge in [0.15, 0.2) is 0 Å². The Labute approximate surface area is 189 Å². The molecule has 2 aromatic heterocycles. The van der Waals surface area contributed by atoms with Gasteiger partial charge in [0, 0.05) is 37.1 Å². The Hall–Kier alpha value is -3.10. The van der Waals surface area contributed by atoms with Crippen LogP contribution in [0, 0.1) is 20.8 Å². The van der Waals surface area contributed by atoms with E-state index < -0.39 is 0 Å². The molecule has 1 amide bonds. The number of carbonyl (C=O) groups is 1.